The zero-order valence-corrected chi connectivity index (χ0v) is 10.2. The molecule has 1 aromatic heterocycles. The van der Waals surface area contributed by atoms with Gasteiger partial charge >= 0.3 is 6.18 Å². The van der Waals surface area contributed by atoms with Crippen molar-refractivity contribution in [2.45, 2.75) is 19.1 Å². The predicted molar refractivity (Wildman–Crippen MR) is 58.6 cm³/mol. The van der Waals surface area contributed by atoms with Crippen LogP contribution in [0.3, 0.4) is 0 Å². The van der Waals surface area contributed by atoms with Gasteiger partial charge in [0.05, 0.1) is 22.4 Å². The molecule has 0 fully saturated rings. The fourth-order valence-corrected chi connectivity index (χ4v) is 1.48. The lowest BCUT2D eigenvalue weighted by atomic mass is 10.3. The van der Waals surface area contributed by atoms with Crippen molar-refractivity contribution in [2.24, 2.45) is 0 Å². The molecule has 0 aliphatic heterocycles. The minimum Gasteiger partial charge on any atom is -0.307 e. The highest BCUT2D eigenvalue weighted by Gasteiger charge is 2.26. The molecule has 0 amide bonds. The molecular formula is C8H11F3IN3. The van der Waals surface area contributed by atoms with Gasteiger partial charge < -0.3 is 5.32 Å². The molecule has 7 heteroatoms. The maximum Gasteiger partial charge on any atom is 0.401 e. The van der Waals surface area contributed by atoms with Gasteiger partial charge in [-0.25, -0.2) is 0 Å². The summed E-state index contributed by atoms with van der Waals surface area (Å²) in [6.45, 7) is 1.10. The molecule has 86 valence electrons. The molecule has 1 rings (SSSR count). The average Bonchev–Trinajstić information content (AvgIpc) is 2.49. The molecule has 0 saturated carbocycles. The minimum absolute atomic E-state index is 0.0872. The smallest absolute Gasteiger partial charge is 0.307 e. The average molecular weight is 333 g/mol. The van der Waals surface area contributed by atoms with Crippen molar-refractivity contribution < 1.29 is 13.2 Å². The van der Waals surface area contributed by atoms with Crippen LogP contribution in [0.5, 0.6) is 0 Å². The topological polar surface area (TPSA) is 29.9 Å². The predicted octanol–water partition coefficient (Wildman–Crippen LogP) is 2.20. The van der Waals surface area contributed by atoms with Crippen molar-refractivity contribution in [2.75, 3.05) is 13.1 Å². The van der Waals surface area contributed by atoms with Crippen molar-refractivity contribution in [3.05, 3.63) is 16.0 Å². The van der Waals surface area contributed by atoms with Crippen molar-refractivity contribution in [1.29, 1.82) is 0 Å². The molecule has 0 saturated heterocycles. The Morgan fingerprint density at radius 2 is 2.27 bits per heavy atom. The lowest BCUT2D eigenvalue weighted by molar-refractivity contribution is -0.124. The summed E-state index contributed by atoms with van der Waals surface area (Å²) < 4.78 is 38.1. The van der Waals surface area contributed by atoms with Crippen molar-refractivity contribution in [3.8, 4) is 0 Å². The van der Waals surface area contributed by atoms with E-state index in [0.29, 0.717) is 0 Å². The van der Waals surface area contributed by atoms with Gasteiger partial charge in [-0.15, -0.1) is 0 Å². The molecule has 0 bridgehead atoms. The van der Waals surface area contributed by atoms with Crippen LogP contribution in [0.25, 0.3) is 0 Å². The Morgan fingerprint density at radius 1 is 1.60 bits per heavy atom. The quantitative estimate of drug-likeness (QED) is 0.857. The van der Waals surface area contributed by atoms with Gasteiger partial charge in [0.25, 0.3) is 0 Å². The normalized spacial score (nSPS) is 14.2. The highest BCUT2D eigenvalue weighted by Crippen LogP contribution is 2.13. The van der Waals surface area contributed by atoms with Gasteiger partial charge in [-0.1, -0.05) is 0 Å². The van der Waals surface area contributed by atoms with Crippen LogP contribution in [0.15, 0.2) is 12.4 Å². The van der Waals surface area contributed by atoms with Gasteiger partial charge in [-0.2, -0.15) is 18.3 Å². The summed E-state index contributed by atoms with van der Waals surface area (Å²) in [5, 5.41) is 6.36. The second-order valence-corrected chi connectivity index (χ2v) is 4.48. The largest absolute Gasteiger partial charge is 0.401 e. The van der Waals surface area contributed by atoms with E-state index >= 15 is 0 Å². The summed E-state index contributed by atoms with van der Waals surface area (Å²) >= 11 is 2.10. The number of halogens is 4. The third-order valence-electron chi connectivity index (χ3n) is 1.79. The van der Waals surface area contributed by atoms with E-state index < -0.39 is 12.7 Å². The SMILES string of the molecule is CC(CNCC(F)(F)F)n1cc(I)cn1. The lowest BCUT2D eigenvalue weighted by Crippen LogP contribution is -2.32. The molecule has 1 N–H and O–H groups in total. The first-order valence-corrected chi connectivity index (χ1v) is 5.43. The van der Waals surface area contributed by atoms with Crippen LogP contribution in [-0.2, 0) is 0 Å². The number of nitrogens with zero attached hydrogens (tertiary/aromatic N) is 2. The van der Waals surface area contributed by atoms with Crippen LogP contribution in [0.1, 0.15) is 13.0 Å². The first-order chi connectivity index (χ1) is 6.88. The summed E-state index contributed by atoms with van der Waals surface area (Å²) in [7, 11) is 0. The van der Waals surface area contributed by atoms with Gasteiger partial charge in [0.15, 0.2) is 0 Å². The molecule has 1 atom stereocenters. The number of hydrogen-bond donors (Lipinski definition) is 1. The van der Waals surface area contributed by atoms with Crippen molar-refractivity contribution in [3.63, 3.8) is 0 Å². The summed E-state index contributed by atoms with van der Waals surface area (Å²) in [6, 6.07) is -0.0872. The van der Waals surface area contributed by atoms with Crippen LogP contribution in [0.2, 0.25) is 0 Å². The van der Waals surface area contributed by atoms with E-state index in [2.05, 4.69) is 33.0 Å². The lowest BCUT2D eigenvalue weighted by Gasteiger charge is -2.14. The molecule has 0 aromatic carbocycles. The van der Waals surface area contributed by atoms with E-state index in [1.165, 1.54) is 0 Å². The van der Waals surface area contributed by atoms with E-state index in [4.69, 9.17) is 0 Å². The van der Waals surface area contributed by atoms with E-state index in [9.17, 15) is 13.2 Å². The van der Waals surface area contributed by atoms with Gasteiger partial charge in [0.2, 0.25) is 0 Å². The van der Waals surface area contributed by atoms with Gasteiger partial charge in [-0.05, 0) is 29.5 Å². The number of nitrogens with one attached hydrogen (secondary N) is 1. The van der Waals surface area contributed by atoms with Crippen LogP contribution in [-0.4, -0.2) is 29.0 Å². The monoisotopic (exact) mass is 333 g/mol. The van der Waals surface area contributed by atoms with E-state index in [-0.39, 0.29) is 12.6 Å². The Morgan fingerprint density at radius 3 is 2.73 bits per heavy atom. The zero-order chi connectivity index (χ0) is 11.5. The highest BCUT2D eigenvalue weighted by atomic mass is 127. The molecule has 0 radical (unpaired) electrons. The molecule has 1 unspecified atom stereocenters. The Bertz CT molecular complexity index is 310. The highest BCUT2D eigenvalue weighted by molar-refractivity contribution is 14.1. The molecule has 0 aliphatic rings. The van der Waals surface area contributed by atoms with Gasteiger partial charge in [-0.3, -0.25) is 4.68 Å². The van der Waals surface area contributed by atoms with Crippen molar-refractivity contribution in [1.82, 2.24) is 15.1 Å². The molecular weight excluding hydrogens is 322 g/mol. The first-order valence-electron chi connectivity index (χ1n) is 4.35. The maximum absolute atomic E-state index is 11.8. The fraction of sp³-hybridized carbons (Fsp3) is 0.625. The second-order valence-electron chi connectivity index (χ2n) is 3.23. The summed E-state index contributed by atoms with van der Waals surface area (Å²) in [6.07, 6.45) is -0.695. The maximum atomic E-state index is 11.8. The minimum atomic E-state index is -4.15. The second kappa shape index (κ2) is 5.15. The molecule has 15 heavy (non-hydrogen) atoms. The van der Waals surface area contributed by atoms with Crippen LogP contribution >= 0.6 is 22.6 Å². The Balaban J connectivity index is 2.34. The van der Waals surface area contributed by atoms with Gasteiger partial charge in [0.1, 0.15) is 0 Å². The van der Waals surface area contributed by atoms with Gasteiger partial charge in [0, 0.05) is 12.7 Å². The van der Waals surface area contributed by atoms with Crippen molar-refractivity contribution >= 4 is 22.6 Å². The summed E-state index contributed by atoms with van der Waals surface area (Å²) in [5.41, 5.74) is 0. The number of aromatic nitrogens is 2. The molecule has 1 aromatic rings. The summed E-state index contributed by atoms with van der Waals surface area (Å²) in [5.74, 6) is 0. The number of alkyl halides is 3. The Kier molecular flexibility index (Phi) is 4.38. The first kappa shape index (κ1) is 12.8. The van der Waals surface area contributed by atoms with Crippen LogP contribution < -0.4 is 5.32 Å². The summed E-state index contributed by atoms with van der Waals surface area (Å²) in [4.78, 5) is 0. The van der Waals surface area contributed by atoms with Crippen LogP contribution in [0, 0.1) is 3.57 Å². The van der Waals surface area contributed by atoms with E-state index in [1.807, 2.05) is 6.92 Å². The third kappa shape index (κ3) is 4.83. The molecule has 0 spiro atoms. The number of rotatable bonds is 4. The number of hydrogen-bond acceptors (Lipinski definition) is 2. The fourth-order valence-electron chi connectivity index (χ4n) is 1.07. The standard InChI is InChI=1S/C8H11F3IN3/c1-6(2-13-5-8(9,10)11)15-4-7(12)3-14-15/h3-4,6,13H,2,5H2,1H3. The Hall–Kier alpha value is -0.310. The molecule has 3 nitrogen and oxygen atoms in total. The Labute approximate surface area is 99.2 Å². The molecule has 1 heterocycles. The molecule has 0 aliphatic carbocycles. The zero-order valence-electron chi connectivity index (χ0n) is 8.05. The van der Waals surface area contributed by atoms with Crippen LogP contribution in [0.4, 0.5) is 13.2 Å². The van der Waals surface area contributed by atoms with E-state index in [1.54, 1.807) is 17.1 Å². The van der Waals surface area contributed by atoms with E-state index in [0.717, 1.165) is 3.57 Å². The third-order valence-corrected chi connectivity index (χ3v) is 2.34.